The van der Waals surface area contributed by atoms with Crippen molar-refractivity contribution in [2.75, 3.05) is 32.4 Å². The SMILES string of the molecule is CCc1cc2ccc(OC)cc2nc1SCC(=O)Nc1cc(OC)cc(OC)c1. The topological polar surface area (TPSA) is 69.7 Å². The molecule has 0 radical (unpaired) electrons. The third-order valence-corrected chi connectivity index (χ3v) is 5.45. The zero-order valence-electron chi connectivity index (χ0n) is 16.9. The number of rotatable bonds is 8. The predicted octanol–water partition coefficient (Wildman–Crippen LogP) is 4.55. The fourth-order valence-corrected chi connectivity index (χ4v) is 3.78. The molecule has 0 atom stereocenters. The summed E-state index contributed by atoms with van der Waals surface area (Å²) in [6.45, 7) is 2.08. The van der Waals surface area contributed by atoms with Crippen molar-refractivity contribution < 1.29 is 19.0 Å². The van der Waals surface area contributed by atoms with Gasteiger partial charge in [-0.3, -0.25) is 4.79 Å². The molecule has 0 spiro atoms. The molecule has 29 heavy (non-hydrogen) atoms. The number of hydrogen-bond acceptors (Lipinski definition) is 6. The maximum Gasteiger partial charge on any atom is 0.234 e. The number of hydrogen-bond donors (Lipinski definition) is 1. The minimum Gasteiger partial charge on any atom is -0.497 e. The maximum absolute atomic E-state index is 12.5. The Labute approximate surface area is 174 Å². The van der Waals surface area contributed by atoms with E-state index in [-0.39, 0.29) is 11.7 Å². The second kappa shape index (κ2) is 9.52. The lowest BCUT2D eigenvalue weighted by atomic mass is 10.1. The van der Waals surface area contributed by atoms with Gasteiger partial charge < -0.3 is 19.5 Å². The average Bonchev–Trinajstić information content (AvgIpc) is 2.76. The molecule has 0 unspecified atom stereocenters. The number of aryl methyl sites for hydroxylation is 1. The van der Waals surface area contributed by atoms with E-state index in [1.807, 2.05) is 18.2 Å². The van der Waals surface area contributed by atoms with Crippen molar-refractivity contribution in [2.45, 2.75) is 18.4 Å². The molecule has 6 nitrogen and oxygen atoms in total. The third kappa shape index (κ3) is 5.12. The highest BCUT2D eigenvalue weighted by Crippen LogP contribution is 2.29. The normalized spacial score (nSPS) is 10.6. The minimum atomic E-state index is -0.125. The number of ether oxygens (including phenoxy) is 3. The minimum absolute atomic E-state index is 0.125. The molecule has 1 N–H and O–H groups in total. The number of carbonyl (C=O) groups is 1. The van der Waals surface area contributed by atoms with Gasteiger partial charge in [0.2, 0.25) is 5.91 Å². The largest absolute Gasteiger partial charge is 0.497 e. The summed E-state index contributed by atoms with van der Waals surface area (Å²) < 4.78 is 15.8. The van der Waals surface area contributed by atoms with Gasteiger partial charge in [-0.1, -0.05) is 18.7 Å². The van der Waals surface area contributed by atoms with Gasteiger partial charge in [0.15, 0.2) is 0 Å². The van der Waals surface area contributed by atoms with E-state index in [1.54, 1.807) is 39.5 Å². The van der Waals surface area contributed by atoms with E-state index in [9.17, 15) is 4.79 Å². The van der Waals surface area contributed by atoms with E-state index in [2.05, 4.69) is 18.3 Å². The standard InChI is InChI=1S/C22H24N2O4S/c1-5-14-8-15-6-7-17(26-2)12-20(15)24-22(14)29-13-21(25)23-16-9-18(27-3)11-19(10-16)28-4/h6-12H,5,13H2,1-4H3,(H,23,25). The number of nitrogens with zero attached hydrogens (tertiary/aromatic N) is 1. The number of fused-ring (bicyclic) bond motifs is 1. The average molecular weight is 413 g/mol. The molecule has 1 aromatic heterocycles. The number of pyridine rings is 1. The van der Waals surface area contributed by atoms with Crippen molar-refractivity contribution in [3.63, 3.8) is 0 Å². The molecule has 0 saturated carbocycles. The molecule has 2 aromatic carbocycles. The summed E-state index contributed by atoms with van der Waals surface area (Å²) in [6.07, 6.45) is 0.839. The summed E-state index contributed by atoms with van der Waals surface area (Å²) >= 11 is 1.42. The first-order chi connectivity index (χ1) is 14.1. The number of anilines is 1. The molecule has 3 rings (SSSR count). The first-order valence-electron chi connectivity index (χ1n) is 9.19. The fraction of sp³-hybridized carbons (Fsp3) is 0.273. The summed E-state index contributed by atoms with van der Waals surface area (Å²) in [4.78, 5) is 17.2. The maximum atomic E-state index is 12.5. The summed E-state index contributed by atoms with van der Waals surface area (Å²) in [6, 6.07) is 13.2. The van der Waals surface area contributed by atoms with E-state index in [4.69, 9.17) is 19.2 Å². The van der Waals surface area contributed by atoms with Gasteiger partial charge in [-0.25, -0.2) is 4.98 Å². The van der Waals surface area contributed by atoms with Gasteiger partial charge in [0, 0.05) is 35.3 Å². The summed E-state index contributed by atoms with van der Waals surface area (Å²) in [5.74, 6) is 2.11. The van der Waals surface area contributed by atoms with Gasteiger partial charge in [0.05, 0.1) is 32.6 Å². The molecule has 3 aromatic rings. The van der Waals surface area contributed by atoms with Crippen LogP contribution in [0.15, 0.2) is 47.5 Å². The number of thioether (sulfide) groups is 1. The van der Waals surface area contributed by atoms with Crippen molar-refractivity contribution in [3.05, 3.63) is 48.0 Å². The van der Waals surface area contributed by atoms with Gasteiger partial charge in [0.25, 0.3) is 0 Å². The van der Waals surface area contributed by atoms with Crippen LogP contribution in [0.5, 0.6) is 17.2 Å². The van der Waals surface area contributed by atoms with Crippen molar-refractivity contribution in [3.8, 4) is 17.2 Å². The Morgan fingerprint density at radius 1 is 0.966 bits per heavy atom. The molecule has 1 amide bonds. The third-order valence-electron chi connectivity index (χ3n) is 4.42. The van der Waals surface area contributed by atoms with E-state index in [0.717, 1.165) is 33.7 Å². The van der Waals surface area contributed by atoms with Crippen LogP contribution < -0.4 is 19.5 Å². The van der Waals surface area contributed by atoms with Crippen molar-refractivity contribution in [1.82, 2.24) is 4.98 Å². The molecular weight excluding hydrogens is 388 g/mol. The van der Waals surface area contributed by atoms with E-state index in [0.29, 0.717) is 17.2 Å². The Bertz CT molecular complexity index is 1000. The van der Waals surface area contributed by atoms with Crippen LogP contribution in [0.4, 0.5) is 5.69 Å². The molecule has 0 saturated heterocycles. The first kappa shape index (κ1) is 20.8. The molecule has 0 aliphatic rings. The van der Waals surface area contributed by atoms with Crippen LogP contribution in [0, 0.1) is 0 Å². The number of carbonyl (C=O) groups excluding carboxylic acids is 1. The Morgan fingerprint density at radius 2 is 1.66 bits per heavy atom. The van der Waals surface area contributed by atoms with Crippen LogP contribution in [0.1, 0.15) is 12.5 Å². The number of methoxy groups -OCH3 is 3. The lowest BCUT2D eigenvalue weighted by Gasteiger charge is -2.11. The van der Waals surface area contributed by atoms with Gasteiger partial charge in [0.1, 0.15) is 22.3 Å². The Balaban J connectivity index is 1.74. The Hall–Kier alpha value is -2.93. The lowest BCUT2D eigenvalue weighted by Crippen LogP contribution is -2.14. The molecular formula is C22H24N2O4S. The van der Waals surface area contributed by atoms with Gasteiger partial charge >= 0.3 is 0 Å². The van der Waals surface area contributed by atoms with Crippen LogP contribution in [-0.4, -0.2) is 38.0 Å². The monoisotopic (exact) mass is 412 g/mol. The van der Waals surface area contributed by atoms with Crippen LogP contribution in [0.2, 0.25) is 0 Å². The van der Waals surface area contributed by atoms with Gasteiger partial charge in [-0.05, 0) is 30.2 Å². The van der Waals surface area contributed by atoms with Crippen LogP contribution in [0.25, 0.3) is 10.9 Å². The zero-order chi connectivity index (χ0) is 20.8. The molecule has 0 bridgehead atoms. The highest BCUT2D eigenvalue weighted by molar-refractivity contribution is 8.00. The van der Waals surface area contributed by atoms with E-state index >= 15 is 0 Å². The Kier molecular flexibility index (Phi) is 6.82. The number of nitrogens with one attached hydrogen (secondary N) is 1. The zero-order valence-corrected chi connectivity index (χ0v) is 17.8. The van der Waals surface area contributed by atoms with Crippen molar-refractivity contribution >= 4 is 34.3 Å². The molecule has 7 heteroatoms. The van der Waals surface area contributed by atoms with Crippen LogP contribution >= 0.6 is 11.8 Å². The second-order valence-corrected chi connectivity index (χ2v) is 7.27. The smallest absolute Gasteiger partial charge is 0.234 e. The summed E-state index contributed by atoms with van der Waals surface area (Å²) in [5.41, 5.74) is 2.59. The van der Waals surface area contributed by atoms with Gasteiger partial charge in [-0.15, -0.1) is 0 Å². The predicted molar refractivity (Wildman–Crippen MR) is 117 cm³/mol. The molecule has 1 heterocycles. The van der Waals surface area contributed by atoms with Crippen LogP contribution in [-0.2, 0) is 11.2 Å². The van der Waals surface area contributed by atoms with Crippen molar-refractivity contribution in [2.24, 2.45) is 0 Å². The van der Waals surface area contributed by atoms with Crippen molar-refractivity contribution in [1.29, 1.82) is 0 Å². The second-order valence-electron chi connectivity index (χ2n) is 6.30. The molecule has 152 valence electrons. The fourth-order valence-electron chi connectivity index (χ4n) is 2.89. The van der Waals surface area contributed by atoms with E-state index in [1.165, 1.54) is 11.8 Å². The first-order valence-corrected chi connectivity index (χ1v) is 10.2. The molecule has 0 aliphatic carbocycles. The summed E-state index contributed by atoms with van der Waals surface area (Å²) in [7, 11) is 4.78. The van der Waals surface area contributed by atoms with Crippen LogP contribution in [0.3, 0.4) is 0 Å². The highest BCUT2D eigenvalue weighted by Gasteiger charge is 2.11. The number of amides is 1. The quantitative estimate of drug-likeness (QED) is 0.547. The number of benzene rings is 2. The Morgan fingerprint density at radius 3 is 2.28 bits per heavy atom. The number of aromatic nitrogens is 1. The molecule has 0 fully saturated rings. The highest BCUT2D eigenvalue weighted by atomic mass is 32.2. The van der Waals surface area contributed by atoms with Gasteiger partial charge in [-0.2, -0.15) is 0 Å². The summed E-state index contributed by atoms with van der Waals surface area (Å²) in [5, 5.41) is 4.80. The van der Waals surface area contributed by atoms with E-state index < -0.39 is 0 Å². The molecule has 0 aliphatic heterocycles. The lowest BCUT2D eigenvalue weighted by molar-refractivity contribution is -0.113.